The molecule has 0 aromatic carbocycles. The Morgan fingerprint density at radius 2 is 2.40 bits per heavy atom. The minimum absolute atomic E-state index is 0.134. The van der Waals surface area contributed by atoms with Gasteiger partial charge in [0.1, 0.15) is 0 Å². The van der Waals surface area contributed by atoms with Crippen LogP contribution in [-0.4, -0.2) is 40.9 Å². The van der Waals surface area contributed by atoms with Gasteiger partial charge in [-0.05, 0) is 34.7 Å². The van der Waals surface area contributed by atoms with Crippen molar-refractivity contribution in [3.05, 3.63) is 26.9 Å². The maximum atomic E-state index is 10.9. The molecule has 0 radical (unpaired) electrons. The van der Waals surface area contributed by atoms with Crippen molar-refractivity contribution in [2.45, 2.75) is 18.9 Å². The summed E-state index contributed by atoms with van der Waals surface area (Å²) >= 11 is 3.13. The van der Waals surface area contributed by atoms with Crippen LogP contribution in [0.3, 0.4) is 0 Å². The first kappa shape index (κ1) is 15.1. The molecule has 1 heterocycles. The summed E-state index contributed by atoms with van der Waals surface area (Å²) in [7, 11) is 0. The molecule has 2 N–H and O–H groups in total. The van der Waals surface area contributed by atoms with Crippen LogP contribution in [0.25, 0.3) is 0 Å². The molecule has 0 spiro atoms. The number of ether oxygens (including phenoxy) is 1. The Kier molecular flexibility index (Phi) is 5.27. The maximum Gasteiger partial charge on any atom is 0.312 e. The van der Waals surface area contributed by atoms with Gasteiger partial charge >= 0.3 is 5.69 Å². The number of hydrogen-bond donors (Lipinski definition) is 2. The molecule has 1 aliphatic rings. The number of aliphatic hydroxyl groups excluding tert-OH is 1. The fourth-order valence-electron chi connectivity index (χ4n) is 1.63. The van der Waals surface area contributed by atoms with Gasteiger partial charge in [-0.2, -0.15) is 0 Å². The fourth-order valence-corrected chi connectivity index (χ4v) is 1.95. The van der Waals surface area contributed by atoms with Gasteiger partial charge < -0.3 is 15.2 Å². The molecule has 1 fully saturated rings. The number of nitro groups is 1. The second-order valence-electron chi connectivity index (χ2n) is 4.79. The van der Waals surface area contributed by atoms with Crippen molar-refractivity contribution < 1.29 is 14.8 Å². The SMILES string of the molecule is O=[N+]([O-])c1cc(Br)cnc1NCC(O)COCC1CC1. The van der Waals surface area contributed by atoms with E-state index in [1.54, 1.807) is 0 Å². The summed E-state index contributed by atoms with van der Waals surface area (Å²) in [6.45, 7) is 1.04. The molecule has 1 saturated carbocycles. The normalized spacial score (nSPS) is 15.9. The molecule has 110 valence electrons. The number of nitrogens with one attached hydrogen (secondary N) is 1. The summed E-state index contributed by atoms with van der Waals surface area (Å²) in [5.41, 5.74) is -0.134. The zero-order valence-corrected chi connectivity index (χ0v) is 12.4. The van der Waals surface area contributed by atoms with Crippen LogP contribution in [0.15, 0.2) is 16.7 Å². The van der Waals surface area contributed by atoms with E-state index in [2.05, 4.69) is 26.2 Å². The number of aliphatic hydroxyl groups is 1. The topological polar surface area (TPSA) is 97.5 Å². The molecule has 1 aliphatic carbocycles. The Morgan fingerprint density at radius 3 is 3.05 bits per heavy atom. The number of nitrogens with zero attached hydrogens (tertiary/aromatic N) is 2. The molecule has 1 aromatic rings. The Labute approximate surface area is 124 Å². The van der Waals surface area contributed by atoms with E-state index in [0.717, 1.165) is 0 Å². The van der Waals surface area contributed by atoms with Crippen molar-refractivity contribution in [3.63, 3.8) is 0 Å². The highest BCUT2D eigenvalue weighted by atomic mass is 79.9. The quantitative estimate of drug-likeness (QED) is 0.552. The molecule has 7 nitrogen and oxygen atoms in total. The zero-order chi connectivity index (χ0) is 14.5. The summed E-state index contributed by atoms with van der Waals surface area (Å²) in [5.74, 6) is 0.781. The van der Waals surface area contributed by atoms with Crippen molar-refractivity contribution in [1.82, 2.24) is 4.98 Å². The molecule has 0 bridgehead atoms. The first-order chi connectivity index (χ1) is 9.56. The summed E-state index contributed by atoms with van der Waals surface area (Å²) in [5, 5.41) is 23.4. The molecule has 20 heavy (non-hydrogen) atoms. The third kappa shape index (κ3) is 4.69. The van der Waals surface area contributed by atoms with E-state index in [1.165, 1.54) is 25.1 Å². The van der Waals surface area contributed by atoms with Crippen LogP contribution in [-0.2, 0) is 4.74 Å². The lowest BCUT2D eigenvalue weighted by Gasteiger charge is -2.12. The lowest BCUT2D eigenvalue weighted by Crippen LogP contribution is -2.25. The molecule has 0 saturated heterocycles. The molecular weight excluding hydrogens is 330 g/mol. The van der Waals surface area contributed by atoms with Gasteiger partial charge in [0.15, 0.2) is 0 Å². The first-order valence-electron chi connectivity index (χ1n) is 6.36. The zero-order valence-electron chi connectivity index (χ0n) is 10.8. The van der Waals surface area contributed by atoms with Gasteiger partial charge in [-0.3, -0.25) is 10.1 Å². The molecule has 1 atom stereocenters. The Morgan fingerprint density at radius 1 is 1.65 bits per heavy atom. The predicted octanol–water partition coefficient (Wildman–Crippen LogP) is 1.95. The third-order valence-corrected chi connectivity index (χ3v) is 3.33. The first-order valence-corrected chi connectivity index (χ1v) is 7.15. The van der Waals surface area contributed by atoms with Crippen molar-refractivity contribution in [3.8, 4) is 0 Å². The van der Waals surface area contributed by atoms with E-state index in [1.807, 2.05) is 0 Å². The van der Waals surface area contributed by atoms with Crippen molar-refractivity contribution in [1.29, 1.82) is 0 Å². The Hall–Kier alpha value is -1.25. The fraction of sp³-hybridized carbons (Fsp3) is 0.583. The number of aromatic nitrogens is 1. The van der Waals surface area contributed by atoms with Crippen LogP contribution in [0.2, 0.25) is 0 Å². The van der Waals surface area contributed by atoms with E-state index >= 15 is 0 Å². The van der Waals surface area contributed by atoms with Crippen LogP contribution in [0.4, 0.5) is 11.5 Å². The predicted molar refractivity (Wildman–Crippen MR) is 76.6 cm³/mol. The van der Waals surface area contributed by atoms with Crippen molar-refractivity contribution >= 4 is 27.4 Å². The third-order valence-electron chi connectivity index (χ3n) is 2.90. The van der Waals surface area contributed by atoms with Crippen LogP contribution >= 0.6 is 15.9 Å². The Bertz CT molecular complexity index is 482. The number of halogens is 1. The molecule has 0 aliphatic heterocycles. The van der Waals surface area contributed by atoms with Crippen molar-refractivity contribution in [2.24, 2.45) is 5.92 Å². The van der Waals surface area contributed by atoms with Crippen LogP contribution in [0.1, 0.15) is 12.8 Å². The van der Waals surface area contributed by atoms with Crippen LogP contribution in [0, 0.1) is 16.0 Å². The molecule has 1 aromatic heterocycles. The molecule has 0 amide bonds. The van der Waals surface area contributed by atoms with Gasteiger partial charge in [-0.25, -0.2) is 4.98 Å². The highest BCUT2D eigenvalue weighted by molar-refractivity contribution is 9.10. The number of anilines is 1. The lowest BCUT2D eigenvalue weighted by atomic mass is 10.3. The second kappa shape index (κ2) is 6.96. The van der Waals surface area contributed by atoms with Crippen molar-refractivity contribution in [2.75, 3.05) is 25.1 Å². The van der Waals surface area contributed by atoms with Gasteiger partial charge in [-0.1, -0.05) is 0 Å². The number of rotatable bonds is 8. The monoisotopic (exact) mass is 345 g/mol. The van der Waals surface area contributed by atoms with E-state index in [0.29, 0.717) is 17.0 Å². The molecular formula is C12H16BrN3O4. The van der Waals surface area contributed by atoms with Gasteiger partial charge in [0.05, 0.1) is 17.6 Å². The van der Waals surface area contributed by atoms with Gasteiger partial charge in [0, 0.05) is 29.9 Å². The highest BCUT2D eigenvalue weighted by Crippen LogP contribution is 2.28. The van der Waals surface area contributed by atoms with E-state index < -0.39 is 11.0 Å². The minimum atomic E-state index is -0.723. The summed E-state index contributed by atoms with van der Waals surface area (Å²) in [6, 6.07) is 1.37. The van der Waals surface area contributed by atoms with Crippen LogP contribution < -0.4 is 5.32 Å². The van der Waals surface area contributed by atoms with E-state index in [9.17, 15) is 15.2 Å². The smallest absolute Gasteiger partial charge is 0.312 e. The minimum Gasteiger partial charge on any atom is -0.389 e. The lowest BCUT2D eigenvalue weighted by molar-refractivity contribution is -0.384. The van der Waals surface area contributed by atoms with E-state index in [4.69, 9.17) is 4.74 Å². The standard InChI is InChI=1S/C12H16BrN3O4/c13-9-3-11(16(18)19)12(14-4-9)15-5-10(17)7-20-6-8-1-2-8/h3-4,8,10,17H,1-2,5-7H2,(H,14,15). The number of pyridine rings is 1. The van der Waals surface area contributed by atoms with Gasteiger partial charge in [-0.15, -0.1) is 0 Å². The van der Waals surface area contributed by atoms with Crippen LogP contribution in [0.5, 0.6) is 0 Å². The second-order valence-corrected chi connectivity index (χ2v) is 5.71. The molecule has 1 unspecified atom stereocenters. The average Bonchev–Trinajstić information content (AvgIpc) is 3.21. The highest BCUT2D eigenvalue weighted by Gasteiger charge is 2.22. The largest absolute Gasteiger partial charge is 0.389 e. The Balaban J connectivity index is 1.81. The maximum absolute atomic E-state index is 10.9. The molecule has 2 rings (SSSR count). The number of hydrogen-bond acceptors (Lipinski definition) is 6. The summed E-state index contributed by atoms with van der Waals surface area (Å²) < 4.78 is 5.88. The van der Waals surface area contributed by atoms with Gasteiger partial charge in [0.25, 0.3) is 0 Å². The summed E-state index contributed by atoms with van der Waals surface area (Å²) in [4.78, 5) is 14.3. The summed E-state index contributed by atoms with van der Waals surface area (Å²) in [6.07, 6.45) is 3.14. The van der Waals surface area contributed by atoms with Gasteiger partial charge in [0.2, 0.25) is 5.82 Å². The average molecular weight is 346 g/mol. The van der Waals surface area contributed by atoms with E-state index in [-0.39, 0.29) is 24.7 Å². The molecule has 8 heteroatoms.